The van der Waals surface area contributed by atoms with Crippen molar-refractivity contribution in [1.82, 2.24) is 0 Å². The molecule has 0 nitrogen and oxygen atoms in total. The van der Waals surface area contributed by atoms with E-state index in [0.29, 0.717) is 0 Å². The minimum atomic E-state index is -0.901. The molecule has 0 heterocycles. The summed E-state index contributed by atoms with van der Waals surface area (Å²) >= 11 is 0. The molecule has 27 heavy (non-hydrogen) atoms. The molecule has 0 aliphatic carbocycles. The van der Waals surface area contributed by atoms with Gasteiger partial charge in [-0.3, -0.25) is 0 Å². The molecule has 0 saturated heterocycles. The fourth-order valence-electron chi connectivity index (χ4n) is 5.21. The molecule has 0 aromatic heterocycles. The molecule has 0 aromatic carbocycles. The molecule has 0 spiro atoms. The normalized spacial score (nSPS) is 12.6. The SMILES string of the molecule is CCCCCCCCCCCCCCCCC[PH](CCC)(CCC)CCC. The summed E-state index contributed by atoms with van der Waals surface area (Å²) in [6, 6.07) is 0. The van der Waals surface area contributed by atoms with E-state index >= 15 is 0 Å². The van der Waals surface area contributed by atoms with Gasteiger partial charge in [0.05, 0.1) is 0 Å². The van der Waals surface area contributed by atoms with Crippen molar-refractivity contribution in [3.63, 3.8) is 0 Å². The fourth-order valence-corrected chi connectivity index (χ4v) is 10.9. The summed E-state index contributed by atoms with van der Waals surface area (Å²) in [7, 11) is -0.901. The monoisotopic (exact) mass is 400 g/mol. The number of hydrogen-bond acceptors (Lipinski definition) is 0. The third-order valence-electron chi connectivity index (χ3n) is 6.65. The first-order chi connectivity index (χ1) is 13.2. The Bertz CT molecular complexity index is 256. The van der Waals surface area contributed by atoms with E-state index in [9.17, 15) is 0 Å². The molecule has 0 aliphatic heterocycles. The van der Waals surface area contributed by atoms with E-state index in [-0.39, 0.29) is 0 Å². The van der Waals surface area contributed by atoms with E-state index in [0.717, 1.165) is 0 Å². The number of unbranched alkanes of at least 4 members (excludes halogenated alkanes) is 14. The zero-order valence-corrected chi connectivity index (χ0v) is 21.1. The zero-order chi connectivity index (χ0) is 20.1. The minimum absolute atomic E-state index is 0.901. The van der Waals surface area contributed by atoms with Gasteiger partial charge in [-0.05, 0) is 0 Å². The average Bonchev–Trinajstić information content (AvgIpc) is 2.65. The van der Waals surface area contributed by atoms with Gasteiger partial charge in [-0.2, -0.15) is 0 Å². The molecule has 0 fully saturated rings. The van der Waals surface area contributed by atoms with Crippen LogP contribution in [0, 0.1) is 0 Å². The van der Waals surface area contributed by atoms with E-state index in [4.69, 9.17) is 0 Å². The Morgan fingerprint density at radius 1 is 0.296 bits per heavy atom. The second-order valence-corrected chi connectivity index (χ2v) is 14.4. The van der Waals surface area contributed by atoms with E-state index in [1.54, 1.807) is 31.1 Å². The van der Waals surface area contributed by atoms with Crippen LogP contribution in [0.1, 0.15) is 143 Å². The second-order valence-electron chi connectivity index (χ2n) is 9.45. The fraction of sp³-hybridized carbons (Fsp3) is 1.00. The third-order valence-corrected chi connectivity index (χ3v) is 12.7. The van der Waals surface area contributed by atoms with Gasteiger partial charge in [-0.1, -0.05) is 32.6 Å². The summed E-state index contributed by atoms with van der Waals surface area (Å²) in [6.45, 7) is 9.55. The summed E-state index contributed by atoms with van der Waals surface area (Å²) in [5.41, 5.74) is 0. The predicted molar refractivity (Wildman–Crippen MR) is 134 cm³/mol. The van der Waals surface area contributed by atoms with Crippen LogP contribution in [0.3, 0.4) is 0 Å². The summed E-state index contributed by atoms with van der Waals surface area (Å²) < 4.78 is 0. The van der Waals surface area contributed by atoms with Crippen LogP contribution < -0.4 is 0 Å². The molecule has 0 bridgehead atoms. The summed E-state index contributed by atoms with van der Waals surface area (Å²) in [5, 5.41) is 0. The number of hydrogen-bond donors (Lipinski definition) is 0. The van der Waals surface area contributed by atoms with Gasteiger partial charge in [0.2, 0.25) is 0 Å². The maximum absolute atomic E-state index is 2.42. The van der Waals surface area contributed by atoms with Gasteiger partial charge in [-0.25, -0.2) is 0 Å². The molecule has 0 aromatic rings. The zero-order valence-electron chi connectivity index (χ0n) is 20.1. The molecular formula is C26H57P. The topological polar surface area (TPSA) is 0 Å². The van der Waals surface area contributed by atoms with Crippen LogP contribution in [0.5, 0.6) is 0 Å². The molecule has 0 radical (unpaired) electrons. The van der Waals surface area contributed by atoms with E-state index in [2.05, 4.69) is 27.7 Å². The quantitative estimate of drug-likeness (QED) is 0.125. The molecule has 1 heteroatoms. The van der Waals surface area contributed by atoms with Gasteiger partial charge in [0.15, 0.2) is 0 Å². The van der Waals surface area contributed by atoms with Gasteiger partial charge >= 0.3 is 143 Å². The van der Waals surface area contributed by atoms with Gasteiger partial charge in [0.1, 0.15) is 0 Å². The van der Waals surface area contributed by atoms with Crippen LogP contribution in [0.2, 0.25) is 0 Å². The molecule has 166 valence electrons. The van der Waals surface area contributed by atoms with Crippen molar-refractivity contribution in [2.45, 2.75) is 143 Å². The third kappa shape index (κ3) is 17.0. The molecule has 0 rings (SSSR count). The van der Waals surface area contributed by atoms with Crippen molar-refractivity contribution in [2.75, 3.05) is 24.6 Å². The Labute approximate surface area is 175 Å². The van der Waals surface area contributed by atoms with Crippen LogP contribution in [0.25, 0.3) is 0 Å². The molecular weight excluding hydrogens is 343 g/mol. The molecule has 0 atom stereocenters. The summed E-state index contributed by atoms with van der Waals surface area (Å²) in [5.74, 6) is 0. The Morgan fingerprint density at radius 3 is 0.889 bits per heavy atom. The Kier molecular flexibility index (Phi) is 21.5. The van der Waals surface area contributed by atoms with Crippen molar-refractivity contribution in [3.8, 4) is 0 Å². The van der Waals surface area contributed by atoms with Crippen molar-refractivity contribution >= 4 is 7.26 Å². The van der Waals surface area contributed by atoms with Gasteiger partial charge in [-0.15, -0.1) is 0 Å². The van der Waals surface area contributed by atoms with Crippen molar-refractivity contribution in [2.24, 2.45) is 0 Å². The molecule has 0 aliphatic rings. The van der Waals surface area contributed by atoms with Gasteiger partial charge < -0.3 is 0 Å². The van der Waals surface area contributed by atoms with Crippen molar-refractivity contribution in [3.05, 3.63) is 0 Å². The van der Waals surface area contributed by atoms with Crippen LogP contribution in [-0.4, -0.2) is 24.6 Å². The molecule has 0 amide bonds. The van der Waals surface area contributed by atoms with E-state index in [1.165, 1.54) is 109 Å². The van der Waals surface area contributed by atoms with Crippen LogP contribution >= 0.6 is 7.26 Å². The maximum atomic E-state index is 2.42. The van der Waals surface area contributed by atoms with E-state index in [1.807, 2.05) is 0 Å². The Hall–Kier alpha value is 0.430. The first-order valence-electron chi connectivity index (χ1n) is 13.2. The second kappa shape index (κ2) is 21.1. The predicted octanol–water partition coefficient (Wildman–Crippen LogP) is 9.84. The van der Waals surface area contributed by atoms with Crippen LogP contribution in [0.4, 0.5) is 0 Å². The van der Waals surface area contributed by atoms with Crippen molar-refractivity contribution in [1.29, 1.82) is 0 Å². The molecule has 0 unspecified atom stereocenters. The van der Waals surface area contributed by atoms with Gasteiger partial charge in [0.25, 0.3) is 0 Å². The first-order valence-corrected chi connectivity index (χ1v) is 16.1. The van der Waals surface area contributed by atoms with Gasteiger partial charge in [0, 0.05) is 0 Å². The molecule has 0 N–H and O–H groups in total. The standard InChI is InChI=1S/C26H57P/c1-5-9-10-11-12-13-14-15-16-17-18-19-20-21-22-26-27(23-6-2,24-7-3)25-8-4/h27H,5-26H2,1-4H3. The van der Waals surface area contributed by atoms with Crippen molar-refractivity contribution < 1.29 is 0 Å². The first kappa shape index (κ1) is 27.4. The summed E-state index contributed by atoms with van der Waals surface area (Å²) in [6.07, 6.45) is 33.0. The van der Waals surface area contributed by atoms with E-state index < -0.39 is 7.26 Å². The average molecular weight is 401 g/mol. The van der Waals surface area contributed by atoms with Crippen LogP contribution in [-0.2, 0) is 0 Å². The number of rotatable bonds is 22. The molecule has 0 saturated carbocycles. The Balaban J connectivity index is 3.49. The Morgan fingerprint density at radius 2 is 0.593 bits per heavy atom. The van der Waals surface area contributed by atoms with Crippen LogP contribution in [0.15, 0.2) is 0 Å². The summed E-state index contributed by atoms with van der Waals surface area (Å²) in [4.78, 5) is 0.